The molecule has 3 nitrogen and oxygen atoms in total. The molecule has 1 unspecified atom stereocenters. The van der Waals surface area contributed by atoms with E-state index in [9.17, 15) is 0 Å². The maximum Gasteiger partial charge on any atom is 0.137 e. The zero-order valence-electron chi connectivity index (χ0n) is 11.8. The smallest absolute Gasteiger partial charge is 0.137 e. The number of benzene rings is 1. The highest BCUT2D eigenvalue weighted by atomic mass is 79.9. The fourth-order valence-corrected chi connectivity index (χ4v) is 2.62. The lowest BCUT2D eigenvalue weighted by Crippen LogP contribution is -2.23. The molecule has 1 aromatic carbocycles. The van der Waals surface area contributed by atoms with Gasteiger partial charge in [-0.1, -0.05) is 41.1 Å². The highest BCUT2D eigenvalue weighted by Crippen LogP contribution is 2.29. The summed E-state index contributed by atoms with van der Waals surface area (Å²) in [5.41, 5.74) is 2.31. The molecule has 4 heteroatoms. The number of nitrogens with zero attached hydrogens (tertiary/aromatic N) is 1. The lowest BCUT2D eigenvalue weighted by atomic mass is 10.00. The van der Waals surface area contributed by atoms with Gasteiger partial charge in [0.2, 0.25) is 0 Å². The molecule has 1 atom stereocenters. The molecular weight excluding hydrogens is 316 g/mol. The highest BCUT2D eigenvalue weighted by molar-refractivity contribution is 9.10. The van der Waals surface area contributed by atoms with Gasteiger partial charge in [0.1, 0.15) is 5.75 Å². The van der Waals surface area contributed by atoms with Crippen LogP contribution in [0.4, 0.5) is 0 Å². The van der Waals surface area contributed by atoms with Crippen molar-refractivity contribution >= 4 is 15.9 Å². The molecule has 2 rings (SSSR count). The minimum absolute atomic E-state index is 0.105. The minimum Gasteiger partial charge on any atom is -0.495 e. The molecule has 0 bridgehead atoms. The van der Waals surface area contributed by atoms with Crippen LogP contribution in [0.2, 0.25) is 0 Å². The Kier molecular flexibility index (Phi) is 5.56. The number of hydrogen-bond donors (Lipinski definition) is 1. The summed E-state index contributed by atoms with van der Waals surface area (Å²) in [7, 11) is 1.66. The van der Waals surface area contributed by atoms with Gasteiger partial charge in [-0.3, -0.25) is 4.98 Å². The van der Waals surface area contributed by atoms with Crippen LogP contribution in [-0.2, 0) is 0 Å². The lowest BCUT2D eigenvalue weighted by molar-refractivity contribution is 0.411. The molecule has 106 valence electrons. The van der Waals surface area contributed by atoms with Crippen molar-refractivity contribution in [3.63, 3.8) is 0 Å². The average molecular weight is 335 g/mol. The Labute approximate surface area is 128 Å². The summed E-state index contributed by atoms with van der Waals surface area (Å²) >= 11 is 3.63. The van der Waals surface area contributed by atoms with E-state index in [1.165, 1.54) is 5.56 Å². The van der Waals surface area contributed by atoms with Crippen LogP contribution >= 0.6 is 15.9 Å². The average Bonchev–Trinajstić information content (AvgIpc) is 2.49. The van der Waals surface area contributed by atoms with E-state index in [1.54, 1.807) is 13.3 Å². The molecule has 0 aliphatic carbocycles. The first-order valence-corrected chi connectivity index (χ1v) is 7.52. The summed E-state index contributed by atoms with van der Waals surface area (Å²) < 4.78 is 6.37. The third-order valence-corrected chi connectivity index (χ3v) is 3.84. The van der Waals surface area contributed by atoms with E-state index in [-0.39, 0.29) is 6.04 Å². The van der Waals surface area contributed by atoms with E-state index in [1.807, 2.05) is 24.4 Å². The second-order valence-corrected chi connectivity index (χ2v) is 5.42. The van der Waals surface area contributed by atoms with E-state index in [0.29, 0.717) is 0 Å². The Morgan fingerprint density at radius 3 is 2.80 bits per heavy atom. The zero-order chi connectivity index (χ0) is 14.4. The van der Waals surface area contributed by atoms with Crippen molar-refractivity contribution in [1.82, 2.24) is 10.3 Å². The van der Waals surface area contributed by atoms with Crippen LogP contribution in [0.3, 0.4) is 0 Å². The fourth-order valence-electron chi connectivity index (χ4n) is 2.11. The van der Waals surface area contributed by atoms with Crippen molar-refractivity contribution in [2.24, 2.45) is 0 Å². The number of rotatable bonds is 6. The van der Waals surface area contributed by atoms with Crippen LogP contribution in [0.1, 0.15) is 30.5 Å². The summed E-state index contributed by atoms with van der Waals surface area (Å²) in [6.07, 6.45) is 4.69. The number of halogens is 1. The fraction of sp³-hybridized carbons (Fsp3) is 0.312. The van der Waals surface area contributed by atoms with Gasteiger partial charge >= 0.3 is 0 Å². The third kappa shape index (κ3) is 3.58. The molecule has 0 spiro atoms. The first-order chi connectivity index (χ1) is 9.76. The molecular formula is C16H19BrN2O. The minimum atomic E-state index is 0.105. The molecule has 0 saturated heterocycles. The Bertz CT molecular complexity index is 560. The van der Waals surface area contributed by atoms with Gasteiger partial charge < -0.3 is 10.1 Å². The molecule has 0 radical (unpaired) electrons. The van der Waals surface area contributed by atoms with Crippen molar-refractivity contribution in [2.45, 2.75) is 19.4 Å². The number of aromatic nitrogens is 1. The van der Waals surface area contributed by atoms with Crippen molar-refractivity contribution in [2.75, 3.05) is 13.7 Å². The maximum absolute atomic E-state index is 5.27. The largest absolute Gasteiger partial charge is 0.495 e. The van der Waals surface area contributed by atoms with E-state index in [2.05, 4.69) is 45.3 Å². The predicted molar refractivity (Wildman–Crippen MR) is 85.1 cm³/mol. The molecule has 1 heterocycles. The molecule has 0 aliphatic rings. The van der Waals surface area contributed by atoms with Crippen LogP contribution in [0.15, 0.2) is 47.2 Å². The summed E-state index contributed by atoms with van der Waals surface area (Å²) in [5.74, 6) is 0.776. The number of methoxy groups -OCH3 is 1. The normalized spacial score (nSPS) is 12.2. The van der Waals surface area contributed by atoms with Crippen molar-refractivity contribution in [1.29, 1.82) is 0 Å². The molecule has 1 aromatic heterocycles. The second kappa shape index (κ2) is 7.41. The van der Waals surface area contributed by atoms with Gasteiger partial charge in [0.25, 0.3) is 0 Å². The molecule has 20 heavy (non-hydrogen) atoms. The van der Waals surface area contributed by atoms with E-state index >= 15 is 0 Å². The maximum atomic E-state index is 5.27. The monoisotopic (exact) mass is 334 g/mol. The molecule has 2 aromatic rings. The number of ether oxygens (including phenoxy) is 1. The lowest BCUT2D eigenvalue weighted by Gasteiger charge is -2.21. The molecule has 0 amide bonds. The molecule has 0 fully saturated rings. The van der Waals surface area contributed by atoms with Crippen LogP contribution < -0.4 is 10.1 Å². The van der Waals surface area contributed by atoms with Gasteiger partial charge in [-0.15, -0.1) is 0 Å². The molecule has 0 aliphatic heterocycles. The van der Waals surface area contributed by atoms with Crippen LogP contribution in [-0.4, -0.2) is 18.6 Å². The number of nitrogens with one attached hydrogen (secondary N) is 1. The number of pyridine rings is 1. The Balaban J connectivity index is 2.38. The first kappa shape index (κ1) is 15.0. The topological polar surface area (TPSA) is 34.2 Å². The quantitative estimate of drug-likeness (QED) is 0.868. The summed E-state index contributed by atoms with van der Waals surface area (Å²) in [4.78, 5) is 4.26. The Morgan fingerprint density at radius 1 is 1.30 bits per heavy atom. The summed E-state index contributed by atoms with van der Waals surface area (Å²) in [6.45, 7) is 3.11. The molecule has 0 saturated carbocycles. The van der Waals surface area contributed by atoms with E-state index in [0.717, 1.165) is 28.8 Å². The Hall–Kier alpha value is -1.39. The predicted octanol–water partition coefficient (Wildman–Crippen LogP) is 3.94. The first-order valence-electron chi connectivity index (χ1n) is 6.73. The second-order valence-electron chi connectivity index (χ2n) is 4.57. The van der Waals surface area contributed by atoms with Crippen molar-refractivity contribution < 1.29 is 4.74 Å². The summed E-state index contributed by atoms with van der Waals surface area (Å²) in [6, 6.07) is 10.4. The van der Waals surface area contributed by atoms with Crippen LogP contribution in [0.25, 0.3) is 0 Å². The van der Waals surface area contributed by atoms with Gasteiger partial charge in [0.05, 0.1) is 19.3 Å². The Morgan fingerprint density at radius 2 is 2.10 bits per heavy atom. The van der Waals surface area contributed by atoms with E-state index < -0.39 is 0 Å². The number of hydrogen-bond acceptors (Lipinski definition) is 3. The zero-order valence-corrected chi connectivity index (χ0v) is 13.4. The third-order valence-electron chi connectivity index (χ3n) is 3.12. The van der Waals surface area contributed by atoms with Gasteiger partial charge in [-0.05, 0) is 36.2 Å². The van der Waals surface area contributed by atoms with E-state index in [4.69, 9.17) is 4.74 Å². The van der Waals surface area contributed by atoms with Crippen molar-refractivity contribution in [3.05, 3.63) is 58.3 Å². The van der Waals surface area contributed by atoms with Gasteiger partial charge in [-0.2, -0.15) is 0 Å². The van der Waals surface area contributed by atoms with Crippen LogP contribution in [0.5, 0.6) is 5.75 Å². The molecule has 1 N–H and O–H groups in total. The van der Waals surface area contributed by atoms with Gasteiger partial charge in [0.15, 0.2) is 0 Å². The SMILES string of the molecule is CCCNC(c1cncc(OC)c1)c1ccccc1Br. The highest BCUT2D eigenvalue weighted by Gasteiger charge is 2.16. The van der Waals surface area contributed by atoms with Gasteiger partial charge in [-0.25, -0.2) is 0 Å². The van der Waals surface area contributed by atoms with Gasteiger partial charge in [0, 0.05) is 10.7 Å². The summed E-state index contributed by atoms with van der Waals surface area (Å²) in [5, 5.41) is 3.57. The van der Waals surface area contributed by atoms with Crippen LogP contribution in [0, 0.1) is 0 Å². The van der Waals surface area contributed by atoms with Crippen molar-refractivity contribution in [3.8, 4) is 5.75 Å². The standard InChI is InChI=1S/C16H19BrN2O/c1-3-8-19-16(14-6-4-5-7-15(14)17)12-9-13(20-2)11-18-10-12/h4-7,9-11,16,19H,3,8H2,1-2H3.